The highest BCUT2D eigenvalue weighted by molar-refractivity contribution is 7.59. The smallest absolute Gasteiger partial charge is 0.0179 e. The Hall–Kier alpha value is 1.29. The Kier molecular flexibility index (Phi) is 9.94. The van der Waals surface area contributed by atoms with Gasteiger partial charge in [-0.2, -0.15) is 0 Å². The molecule has 0 aliphatic heterocycles. The Balaban J connectivity index is 3.98. The molecule has 0 aromatic heterocycles. The van der Waals surface area contributed by atoms with Crippen LogP contribution < -0.4 is 0 Å². The Morgan fingerprint density at radius 2 is 1.00 bits per heavy atom. The molecule has 0 atom stereocenters. The average Bonchev–Trinajstić information content (AvgIpc) is 2.12. The second kappa shape index (κ2) is 9.23. The molecule has 0 radical (unpaired) electrons. The lowest BCUT2D eigenvalue weighted by molar-refractivity contribution is 0.772. The van der Waals surface area contributed by atoms with Crippen molar-refractivity contribution in [1.82, 2.24) is 0 Å². The Bertz CT molecular complexity index is 168. The van der Waals surface area contributed by atoms with Crippen molar-refractivity contribution in [2.45, 2.75) is 38.8 Å². The van der Waals surface area contributed by atoms with E-state index in [4.69, 9.17) is 0 Å². The molecular formula is C14H33P3. The van der Waals surface area contributed by atoms with E-state index in [0.717, 1.165) is 0 Å². The highest BCUT2D eigenvalue weighted by Gasteiger charge is 2.22. The Morgan fingerprint density at radius 3 is 1.24 bits per heavy atom. The van der Waals surface area contributed by atoms with Crippen LogP contribution in [-0.4, -0.2) is 56.5 Å². The molecule has 0 unspecified atom stereocenters. The van der Waals surface area contributed by atoms with Gasteiger partial charge in [0.05, 0.1) is 0 Å². The Labute approximate surface area is 114 Å². The first kappa shape index (κ1) is 18.3. The van der Waals surface area contributed by atoms with E-state index in [0.29, 0.717) is 21.0 Å². The standard InChI is InChI=1S/C14H33P3/c1-14(2,3)17(12-8-10-15(4)5)13-9-11-16(6)7/h8-13H2,1-7H3. The summed E-state index contributed by atoms with van der Waals surface area (Å²) >= 11 is 0. The molecule has 0 nitrogen and oxygen atoms in total. The van der Waals surface area contributed by atoms with Crippen LogP contribution in [0.4, 0.5) is 0 Å². The van der Waals surface area contributed by atoms with Gasteiger partial charge in [-0.25, -0.2) is 0 Å². The molecule has 0 saturated heterocycles. The van der Waals surface area contributed by atoms with E-state index in [2.05, 4.69) is 47.4 Å². The van der Waals surface area contributed by atoms with Crippen LogP contribution in [0.1, 0.15) is 33.6 Å². The largest absolute Gasteiger partial charge is 0.113 e. The zero-order valence-electron chi connectivity index (χ0n) is 13.1. The molecule has 0 rings (SSSR count). The van der Waals surface area contributed by atoms with Crippen molar-refractivity contribution < 1.29 is 0 Å². The molecule has 104 valence electrons. The van der Waals surface area contributed by atoms with Gasteiger partial charge < -0.3 is 0 Å². The lowest BCUT2D eigenvalue weighted by atomic mass is 10.3. The van der Waals surface area contributed by atoms with Crippen molar-refractivity contribution in [3.63, 3.8) is 0 Å². The third-order valence-corrected chi connectivity index (χ3v) is 9.05. The zero-order valence-corrected chi connectivity index (χ0v) is 15.8. The van der Waals surface area contributed by atoms with Crippen LogP contribution in [0.5, 0.6) is 0 Å². The topological polar surface area (TPSA) is 0 Å². The van der Waals surface area contributed by atoms with Crippen molar-refractivity contribution in [3.05, 3.63) is 0 Å². The molecule has 0 aliphatic rings. The van der Waals surface area contributed by atoms with Gasteiger partial charge in [-0.05, 0) is 69.3 Å². The lowest BCUT2D eigenvalue weighted by Crippen LogP contribution is -2.16. The lowest BCUT2D eigenvalue weighted by Gasteiger charge is -2.32. The summed E-state index contributed by atoms with van der Waals surface area (Å²) in [5, 5.41) is 0.573. The van der Waals surface area contributed by atoms with Crippen molar-refractivity contribution in [2.24, 2.45) is 0 Å². The second-order valence-corrected chi connectivity index (χ2v) is 15.0. The first-order valence-electron chi connectivity index (χ1n) is 6.78. The minimum absolute atomic E-state index is 0.258. The van der Waals surface area contributed by atoms with Gasteiger partial charge in [0.1, 0.15) is 0 Å². The average molecular weight is 294 g/mol. The molecule has 17 heavy (non-hydrogen) atoms. The molecular weight excluding hydrogens is 261 g/mol. The van der Waals surface area contributed by atoms with E-state index in [9.17, 15) is 0 Å². The van der Waals surface area contributed by atoms with Crippen molar-refractivity contribution in [2.75, 3.05) is 51.3 Å². The normalized spacial score (nSPS) is 13.1. The summed E-state index contributed by atoms with van der Waals surface area (Å²) in [5.74, 6) is 0. The highest BCUT2D eigenvalue weighted by atomic mass is 31.1. The molecule has 0 heterocycles. The third kappa shape index (κ3) is 10.9. The molecule has 3 heteroatoms. The van der Waals surface area contributed by atoms with E-state index in [-0.39, 0.29) is 7.92 Å². The molecule has 0 saturated carbocycles. The van der Waals surface area contributed by atoms with Crippen molar-refractivity contribution >= 4 is 23.8 Å². The summed E-state index contributed by atoms with van der Waals surface area (Å²) in [6.45, 7) is 17.0. The highest BCUT2D eigenvalue weighted by Crippen LogP contribution is 2.51. The summed E-state index contributed by atoms with van der Waals surface area (Å²) in [6.07, 6.45) is 8.97. The number of hydrogen-bond acceptors (Lipinski definition) is 0. The van der Waals surface area contributed by atoms with E-state index in [1.165, 1.54) is 37.5 Å². The fraction of sp³-hybridized carbons (Fsp3) is 1.00. The van der Waals surface area contributed by atoms with Crippen LogP contribution >= 0.6 is 23.8 Å². The Morgan fingerprint density at radius 1 is 0.647 bits per heavy atom. The first-order valence-corrected chi connectivity index (χ1v) is 13.3. The van der Waals surface area contributed by atoms with Gasteiger partial charge >= 0.3 is 0 Å². The van der Waals surface area contributed by atoms with Gasteiger partial charge in [0.15, 0.2) is 0 Å². The van der Waals surface area contributed by atoms with Gasteiger partial charge in [0.2, 0.25) is 0 Å². The molecule has 0 bridgehead atoms. The fourth-order valence-corrected chi connectivity index (χ4v) is 6.66. The third-order valence-electron chi connectivity index (χ3n) is 3.02. The molecule has 0 N–H and O–H groups in total. The predicted octanol–water partition coefficient (Wildman–Crippen LogP) is 5.53. The fourth-order valence-electron chi connectivity index (χ4n) is 1.94. The summed E-state index contributed by atoms with van der Waals surface area (Å²) in [7, 11) is 0.905. The zero-order chi connectivity index (χ0) is 13.5. The summed E-state index contributed by atoms with van der Waals surface area (Å²) in [4.78, 5) is 0. The van der Waals surface area contributed by atoms with E-state index in [1.807, 2.05) is 0 Å². The van der Waals surface area contributed by atoms with E-state index in [1.54, 1.807) is 0 Å². The molecule has 0 amide bonds. The van der Waals surface area contributed by atoms with Crippen LogP contribution in [0, 0.1) is 0 Å². The number of rotatable bonds is 8. The van der Waals surface area contributed by atoms with Crippen LogP contribution in [0.2, 0.25) is 0 Å². The molecule has 0 aromatic rings. The minimum Gasteiger partial charge on any atom is -0.113 e. The van der Waals surface area contributed by atoms with Gasteiger partial charge in [-0.1, -0.05) is 20.8 Å². The van der Waals surface area contributed by atoms with Gasteiger partial charge in [0, 0.05) is 0 Å². The summed E-state index contributed by atoms with van der Waals surface area (Å²) in [6, 6.07) is 0. The molecule has 0 aliphatic carbocycles. The van der Waals surface area contributed by atoms with Crippen molar-refractivity contribution in [1.29, 1.82) is 0 Å². The van der Waals surface area contributed by atoms with Gasteiger partial charge in [-0.15, -0.1) is 23.8 Å². The molecule has 0 spiro atoms. The maximum Gasteiger partial charge on any atom is -0.0179 e. The van der Waals surface area contributed by atoms with Crippen molar-refractivity contribution in [3.8, 4) is 0 Å². The second-order valence-electron chi connectivity index (χ2n) is 6.47. The number of hydrogen-bond donors (Lipinski definition) is 0. The minimum atomic E-state index is 0.258. The van der Waals surface area contributed by atoms with Crippen LogP contribution in [-0.2, 0) is 0 Å². The van der Waals surface area contributed by atoms with Crippen LogP contribution in [0.3, 0.4) is 0 Å². The van der Waals surface area contributed by atoms with E-state index < -0.39 is 0 Å². The molecule has 0 fully saturated rings. The quantitative estimate of drug-likeness (QED) is 0.516. The van der Waals surface area contributed by atoms with E-state index >= 15 is 0 Å². The monoisotopic (exact) mass is 294 g/mol. The maximum absolute atomic E-state index is 2.46. The van der Waals surface area contributed by atoms with Crippen LogP contribution in [0.15, 0.2) is 0 Å². The maximum atomic E-state index is 2.46. The summed E-state index contributed by atoms with van der Waals surface area (Å²) in [5.41, 5.74) is 0. The predicted molar refractivity (Wildman–Crippen MR) is 92.9 cm³/mol. The van der Waals surface area contributed by atoms with Crippen LogP contribution in [0.25, 0.3) is 0 Å². The summed E-state index contributed by atoms with van der Waals surface area (Å²) < 4.78 is 0. The van der Waals surface area contributed by atoms with Gasteiger partial charge in [0.25, 0.3) is 0 Å². The van der Waals surface area contributed by atoms with Gasteiger partial charge in [-0.3, -0.25) is 0 Å². The first-order chi connectivity index (χ1) is 7.73. The SMILES string of the molecule is CP(C)CCCP(CCCP(C)C)C(C)(C)C. The molecule has 0 aromatic carbocycles.